The molecular weight excluding hydrogens is 280 g/mol. The molecule has 0 saturated carbocycles. The molecule has 0 aromatic carbocycles. The standard InChI is InChI=1S/C12H20N4O3S/c1-3-20(17,18)15-10-5-8-16(9-6-10)12-13-7-4-11(14-12)19-2/h4,7,10,15H,3,5-6,8-9H2,1-2H3. The number of anilines is 1. The third kappa shape index (κ3) is 3.80. The summed E-state index contributed by atoms with van der Waals surface area (Å²) in [6.45, 7) is 3.09. The lowest BCUT2D eigenvalue weighted by Crippen LogP contribution is -2.45. The summed E-state index contributed by atoms with van der Waals surface area (Å²) in [5, 5.41) is 0. The molecule has 112 valence electrons. The molecule has 1 aliphatic rings. The Morgan fingerprint density at radius 2 is 2.15 bits per heavy atom. The maximum Gasteiger partial charge on any atom is 0.228 e. The van der Waals surface area contributed by atoms with Gasteiger partial charge in [0.15, 0.2) is 0 Å². The summed E-state index contributed by atoms with van der Waals surface area (Å²) in [7, 11) is -1.56. The second-order valence-corrected chi connectivity index (χ2v) is 6.72. The molecule has 0 spiro atoms. The minimum Gasteiger partial charge on any atom is -0.481 e. The van der Waals surface area contributed by atoms with E-state index in [9.17, 15) is 8.42 Å². The Balaban J connectivity index is 1.94. The molecule has 0 radical (unpaired) electrons. The van der Waals surface area contributed by atoms with E-state index in [2.05, 4.69) is 14.7 Å². The van der Waals surface area contributed by atoms with Gasteiger partial charge in [-0.05, 0) is 19.8 Å². The SMILES string of the molecule is CCS(=O)(=O)NC1CCN(c2nccc(OC)n2)CC1. The maximum absolute atomic E-state index is 11.5. The van der Waals surface area contributed by atoms with Crippen LogP contribution in [-0.2, 0) is 10.0 Å². The summed E-state index contributed by atoms with van der Waals surface area (Å²) >= 11 is 0. The Hall–Kier alpha value is -1.41. The first-order valence-corrected chi connectivity index (χ1v) is 8.31. The van der Waals surface area contributed by atoms with E-state index in [1.165, 1.54) is 0 Å². The molecule has 0 atom stereocenters. The summed E-state index contributed by atoms with van der Waals surface area (Å²) in [6, 6.07) is 1.70. The normalized spacial score (nSPS) is 17.2. The zero-order valence-corrected chi connectivity index (χ0v) is 12.6. The van der Waals surface area contributed by atoms with E-state index in [4.69, 9.17) is 4.74 Å². The second kappa shape index (κ2) is 6.36. The Labute approximate surface area is 119 Å². The number of hydrogen-bond acceptors (Lipinski definition) is 6. The minimum atomic E-state index is -3.13. The van der Waals surface area contributed by atoms with Gasteiger partial charge in [0.1, 0.15) is 0 Å². The van der Waals surface area contributed by atoms with Crippen molar-refractivity contribution in [2.45, 2.75) is 25.8 Å². The summed E-state index contributed by atoms with van der Waals surface area (Å²) in [5.74, 6) is 1.27. The van der Waals surface area contributed by atoms with Gasteiger partial charge in [-0.3, -0.25) is 0 Å². The van der Waals surface area contributed by atoms with Gasteiger partial charge in [0.05, 0.1) is 12.9 Å². The van der Waals surface area contributed by atoms with Gasteiger partial charge in [-0.25, -0.2) is 18.1 Å². The van der Waals surface area contributed by atoms with Crippen LogP contribution in [0.15, 0.2) is 12.3 Å². The molecule has 2 heterocycles. The number of rotatable bonds is 5. The van der Waals surface area contributed by atoms with Gasteiger partial charge in [-0.1, -0.05) is 0 Å². The van der Waals surface area contributed by atoms with E-state index in [1.807, 2.05) is 4.90 Å². The maximum atomic E-state index is 11.5. The van der Waals surface area contributed by atoms with Crippen molar-refractivity contribution >= 4 is 16.0 Å². The number of nitrogens with one attached hydrogen (secondary N) is 1. The number of aromatic nitrogens is 2. The molecule has 0 amide bonds. The predicted molar refractivity (Wildman–Crippen MR) is 76.4 cm³/mol. The lowest BCUT2D eigenvalue weighted by Gasteiger charge is -2.32. The van der Waals surface area contributed by atoms with Crippen LogP contribution in [0.1, 0.15) is 19.8 Å². The molecule has 0 bridgehead atoms. The van der Waals surface area contributed by atoms with E-state index in [0.29, 0.717) is 11.8 Å². The molecule has 8 heteroatoms. The van der Waals surface area contributed by atoms with Crippen molar-refractivity contribution in [2.75, 3.05) is 30.9 Å². The Kier molecular flexibility index (Phi) is 4.77. The fourth-order valence-electron chi connectivity index (χ4n) is 2.13. The van der Waals surface area contributed by atoms with Gasteiger partial charge < -0.3 is 9.64 Å². The average molecular weight is 300 g/mol. The highest BCUT2D eigenvalue weighted by molar-refractivity contribution is 7.89. The van der Waals surface area contributed by atoms with Gasteiger partial charge >= 0.3 is 0 Å². The average Bonchev–Trinajstić information content (AvgIpc) is 2.48. The van der Waals surface area contributed by atoms with E-state index in [1.54, 1.807) is 26.3 Å². The molecule has 7 nitrogen and oxygen atoms in total. The minimum absolute atomic E-state index is 0.00167. The molecule has 1 aromatic heterocycles. The first-order valence-electron chi connectivity index (χ1n) is 6.66. The van der Waals surface area contributed by atoms with Crippen LogP contribution in [0, 0.1) is 0 Å². The number of piperidine rings is 1. The summed E-state index contributed by atoms with van der Waals surface area (Å²) < 4.78 is 30.9. The van der Waals surface area contributed by atoms with Crippen LogP contribution in [0.5, 0.6) is 5.88 Å². The van der Waals surface area contributed by atoms with Crippen molar-refractivity contribution in [3.63, 3.8) is 0 Å². The third-order valence-corrected chi connectivity index (χ3v) is 4.78. The second-order valence-electron chi connectivity index (χ2n) is 4.68. The molecule has 1 aliphatic heterocycles. The van der Waals surface area contributed by atoms with E-state index in [0.717, 1.165) is 25.9 Å². The Morgan fingerprint density at radius 1 is 1.45 bits per heavy atom. The number of ether oxygens (including phenoxy) is 1. The van der Waals surface area contributed by atoms with Crippen LogP contribution in [-0.4, -0.2) is 50.4 Å². The fourth-order valence-corrected chi connectivity index (χ4v) is 3.04. The number of sulfonamides is 1. The van der Waals surface area contributed by atoms with Gasteiger partial charge in [0.2, 0.25) is 21.9 Å². The van der Waals surface area contributed by atoms with Crippen molar-refractivity contribution in [1.29, 1.82) is 0 Å². The van der Waals surface area contributed by atoms with Crippen molar-refractivity contribution in [3.05, 3.63) is 12.3 Å². The molecule has 1 aromatic rings. The largest absolute Gasteiger partial charge is 0.481 e. The van der Waals surface area contributed by atoms with Gasteiger partial charge in [-0.2, -0.15) is 4.98 Å². The number of hydrogen-bond donors (Lipinski definition) is 1. The molecule has 20 heavy (non-hydrogen) atoms. The van der Waals surface area contributed by atoms with Crippen LogP contribution in [0.4, 0.5) is 5.95 Å². The highest BCUT2D eigenvalue weighted by Crippen LogP contribution is 2.18. The number of nitrogens with zero attached hydrogens (tertiary/aromatic N) is 3. The van der Waals surface area contributed by atoms with Crippen LogP contribution in [0.25, 0.3) is 0 Å². The smallest absolute Gasteiger partial charge is 0.228 e. The lowest BCUT2D eigenvalue weighted by atomic mass is 10.1. The third-order valence-electron chi connectivity index (χ3n) is 3.33. The quantitative estimate of drug-likeness (QED) is 0.847. The lowest BCUT2D eigenvalue weighted by molar-refractivity contribution is 0.395. The predicted octanol–water partition coefficient (Wildman–Crippen LogP) is 0.393. The highest BCUT2D eigenvalue weighted by atomic mass is 32.2. The van der Waals surface area contributed by atoms with Crippen molar-refractivity contribution < 1.29 is 13.2 Å². The molecular formula is C12H20N4O3S. The van der Waals surface area contributed by atoms with Crippen LogP contribution in [0.3, 0.4) is 0 Å². The summed E-state index contributed by atoms with van der Waals surface area (Å²) in [6.07, 6.45) is 3.16. The monoisotopic (exact) mass is 300 g/mol. The van der Waals surface area contributed by atoms with Gasteiger partial charge in [0.25, 0.3) is 0 Å². The molecule has 2 rings (SSSR count). The molecule has 1 saturated heterocycles. The Morgan fingerprint density at radius 3 is 2.75 bits per heavy atom. The van der Waals surface area contributed by atoms with E-state index < -0.39 is 10.0 Å². The van der Waals surface area contributed by atoms with Crippen molar-refractivity contribution in [1.82, 2.24) is 14.7 Å². The summed E-state index contributed by atoms with van der Waals surface area (Å²) in [5.41, 5.74) is 0. The van der Waals surface area contributed by atoms with Crippen LogP contribution < -0.4 is 14.4 Å². The van der Waals surface area contributed by atoms with Crippen molar-refractivity contribution in [2.24, 2.45) is 0 Å². The molecule has 0 unspecified atom stereocenters. The van der Waals surface area contributed by atoms with Crippen LogP contribution in [0.2, 0.25) is 0 Å². The van der Waals surface area contributed by atoms with Gasteiger partial charge in [-0.15, -0.1) is 0 Å². The zero-order valence-electron chi connectivity index (χ0n) is 11.7. The van der Waals surface area contributed by atoms with Crippen LogP contribution >= 0.6 is 0 Å². The molecule has 1 N–H and O–H groups in total. The molecule has 1 fully saturated rings. The first-order chi connectivity index (χ1) is 9.54. The summed E-state index contributed by atoms with van der Waals surface area (Å²) in [4.78, 5) is 10.5. The highest BCUT2D eigenvalue weighted by Gasteiger charge is 2.24. The Bertz CT molecular complexity index is 541. The topological polar surface area (TPSA) is 84.4 Å². The van der Waals surface area contributed by atoms with E-state index >= 15 is 0 Å². The first kappa shape index (κ1) is 15.0. The zero-order chi connectivity index (χ0) is 14.6. The van der Waals surface area contributed by atoms with E-state index in [-0.39, 0.29) is 11.8 Å². The fraction of sp³-hybridized carbons (Fsp3) is 0.667. The number of methoxy groups -OCH3 is 1. The molecule has 0 aliphatic carbocycles. The van der Waals surface area contributed by atoms with Gasteiger partial charge in [0, 0.05) is 31.4 Å². The van der Waals surface area contributed by atoms with Crippen molar-refractivity contribution in [3.8, 4) is 5.88 Å².